The number of amides is 1. The smallest absolute Gasteiger partial charge is 0.226 e. The molecular formula is C31H31Cl2N3O3. The highest BCUT2D eigenvalue weighted by atomic mass is 35.5. The predicted molar refractivity (Wildman–Crippen MR) is 155 cm³/mol. The third-order valence-corrected chi connectivity index (χ3v) is 7.68. The molecule has 5 rings (SSSR count). The van der Waals surface area contributed by atoms with Crippen LogP contribution in [0.3, 0.4) is 0 Å². The number of rotatable bonds is 8. The Bertz CT molecular complexity index is 1440. The summed E-state index contributed by atoms with van der Waals surface area (Å²) in [6.07, 6.45) is 3.07. The lowest BCUT2D eigenvalue weighted by Gasteiger charge is -2.28. The van der Waals surface area contributed by atoms with E-state index in [1.165, 1.54) is 0 Å². The lowest BCUT2D eigenvalue weighted by molar-refractivity contribution is -0.122. The van der Waals surface area contributed by atoms with Gasteiger partial charge in [0.2, 0.25) is 5.91 Å². The standard InChI is InChI=1S/C31H31Cl2N3O3/c1-20-27(18-30(38)34-26-9-5-6-10-29(26)37)35-36(28-16-13-23(32)17-25(28)33)31(20)22-11-14-24(15-12-22)39-19-21-7-3-2-4-8-21/h2-4,7-8,11-17,26,29,37H,5-6,9-10,18-19H2,1H3,(H,34,38)/t26-,29+/m0/s1. The highest BCUT2D eigenvalue weighted by molar-refractivity contribution is 6.35. The number of hydrogen-bond acceptors (Lipinski definition) is 4. The van der Waals surface area contributed by atoms with Gasteiger partial charge in [-0.05, 0) is 73.4 Å². The number of ether oxygens (including phenoxy) is 1. The first-order valence-corrected chi connectivity index (χ1v) is 13.9. The van der Waals surface area contributed by atoms with Gasteiger partial charge in [0.15, 0.2) is 0 Å². The van der Waals surface area contributed by atoms with Gasteiger partial charge in [0.05, 0.1) is 40.7 Å². The van der Waals surface area contributed by atoms with E-state index in [0.717, 1.165) is 47.4 Å². The average Bonchev–Trinajstić information content (AvgIpc) is 3.24. The molecule has 0 bridgehead atoms. The van der Waals surface area contributed by atoms with Gasteiger partial charge in [0.1, 0.15) is 12.4 Å². The molecule has 1 amide bonds. The second-order valence-electron chi connectivity index (χ2n) is 9.93. The molecule has 4 aromatic rings. The minimum absolute atomic E-state index is 0.0958. The number of aliphatic hydroxyl groups is 1. The van der Waals surface area contributed by atoms with E-state index in [1.54, 1.807) is 16.8 Å². The number of benzene rings is 3. The maximum atomic E-state index is 13.0. The Balaban J connectivity index is 1.43. The van der Waals surface area contributed by atoms with Crippen LogP contribution in [-0.2, 0) is 17.8 Å². The van der Waals surface area contributed by atoms with Crippen LogP contribution in [0.2, 0.25) is 10.0 Å². The van der Waals surface area contributed by atoms with Crippen LogP contribution in [0.1, 0.15) is 42.5 Å². The van der Waals surface area contributed by atoms with E-state index in [2.05, 4.69) is 5.32 Å². The van der Waals surface area contributed by atoms with Crippen LogP contribution in [0.4, 0.5) is 0 Å². The molecule has 1 heterocycles. The van der Waals surface area contributed by atoms with E-state index < -0.39 is 6.10 Å². The van der Waals surface area contributed by atoms with Gasteiger partial charge < -0.3 is 15.2 Å². The Morgan fingerprint density at radius 3 is 2.51 bits per heavy atom. The molecule has 1 aromatic heterocycles. The van der Waals surface area contributed by atoms with Crippen molar-refractivity contribution in [3.63, 3.8) is 0 Å². The Morgan fingerprint density at radius 1 is 1.05 bits per heavy atom. The zero-order valence-corrected chi connectivity index (χ0v) is 23.3. The second-order valence-corrected chi connectivity index (χ2v) is 10.8. The normalized spacial score (nSPS) is 17.1. The van der Waals surface area contributed by atoms with E-state index >= 15 is 0 Å². The molecule has 202 valence electrons. The number of hydrogen-bond donors (Lipinski definition) is 2. The predicted octanol–water partition coefficient (Wildman–Crippen LogP) is 6.70. The zero-order valence-electron chi connectivity index (χ0n) is 21.7. The monoisotopic (exact) mass is 563 g/mol. The highest BCUT2D eigenvalue weighted by Gasteiger charge is 2.26. The van der Waals surface area contributed by atoms with Crippen molar-refractivity contribution in [1.29, 1.82) is 0 Å². The SMILES string of the molecule is Cc1c(CC(=O)N[C@H]2CCCC[C@H]2O)nn(-c2ccc(Cl)cc2Cl)c1-c1ccc(OCc2ccccc2)cc1. The van der Waals surface area contributed by atoms with Crippen molar-refractivity contribution in [1.82, 2.24) is 15.1 Å². The fraction of sp³-hybridized carbons (Fsp3) is 0.290. The Hall–Kier alpha value is -3.32. The van der Waals surface area contributed by atoms with Gasteiger partial charge in [-0.1, -0.05) is 66.4 Å². The number of halogens is 2. The number of carbonyl (C=O) groups excluding carboxylic acids is 1. The molecule has 2 atom stereocenters. The van der Waals surface area contributed by atoms with Crippen LogP contribution >= 0.6 is 23.2 Å². The molecule has 1 fully saturated rings. The number of aliphatic hydroxyl groups excluding tert-OH is 1. The van der Waals surface area contributed by atoms with Crippen molar-refractivity contribution in [2.24, 2.45) is 0 Å². The van der Waals surface area contributed by atoms with Crippen LogP contribution in [0.25, 0.3) is 16.9 Å². The van der Waals surface area contributed by atoms with Crippen LogP contribution in [0.5, 0.6) is 5.75 Å². The van der Waals surface area contributed by atoms with Crippen LogP contribution in [0, 0.1) is 6.92 Å². The molecule has 0 unspecified atom stereocenters. The summed E-state index contributed by atoms with van der Waals surface area (Å²) in [6.45, 7) is 2.44. The molecule has 0 aliphatic heterocycles. The van der Waals surface area contributed by atoms with Crippen LogP contribution in [-0.4, -0.2) is 32.9 Å². The maximum Gasteiger partial charge on any atom is 0.226 e. The number of nitrogens with zero attached hydrogens (tertiary/aromatic N) is 2. The van der Waals surface area contributed by atoms with Crippen molar-refractivity contribution < 1.29 is 14.6 Å². The van der Waals surface area contributed by atoms with E-state index in [9.17, 15) is 9.90 Å². The highest BCUT2D eigenvalue weighted by Crippen LogP contribution is 2.34. The summed E-state index contributed by atoms with van der Waals surface area (Å²) in [5.74, 6) is 0.591. The minimum Gasteiger partial charge on any atom is -0.489 e. The summed E-state index contributed by atoms with van der Waals surface area (Å²) in [6, 6.07) is 22.9. The van der Waals surface area contributed by atoms with Crippen molar-refractivity contribution in [3.05, 3.63) is 99.7 Å². The third-order valence-electron chi connectivity index (χ3n) is 7.14. The minimum atomic E-state index is -0.507. The summed E-state index contributed by atoms with van der Waals surface area (Å²) >= 11 is 12.7. The lowest BCUT2D eigenvalue weighted by atomic mass is 9.92. The van der Waals surface area contributed by atoms with Gasteiger partial charge in [0, 0.05) is 10.6 Å². The molecule has 39 heavy (non-hydrogen) atoms. The Kier molecular flexibility index (Phi) is 8.56. The molecule has 1 saturated carbocycles. The Morgan fingerprint density at radius 2 is 1.79 bits per heavy atom. The van der Waals surface area contributed by atoms with Crippen LogP contribution in [0.15, 0.2) is 72.8 Å². The molecule has 2 N–H and O–H groups in total. The van der Waals surface area contributed by atoms with Crippen molar-refractivity contribution in [2.45, 2.75) is 57.8 Å². The fourth-order valence-corrected chi connectivity index (χ4v) is 5.50. The summed E-state index contributed by atoms with van der Waals surface area (Å²) in [5, 5.41) is 19.1. The summed E-state index contributed by atoms with van der Waals surface area (Å²) in [7, 11) is 0. The van der Waals surface area contributed by atoms with E-state index in [-0.39, 0.29) is 18.4 Å². The van der Waals surface area contributed by atoms with Crippen molar-refractivity contribution >= 4 is 29.1 Å². The van der Waals surface area contributed by atoms with Gasteiger partial charge in [-0.3, -0.25) is 4.79 Å². The van der Waals surface area contributed by atoms with Gasteiger partial charge in [-0.15, -0.1) is 0 Å². The summed E-state index contributed by atoms with van der Waals surface area (Å²) in [4.78, 5) is 13.0. The average molecular weight is 565 g/mol. The van der Waals surface area contributed by atoms with Gasteiger partial charge >= 0.3 is 0 Å². The first-order valence-electron chi connectivity index (χ1n) is 13.2. The van der Waals surface area contributed by atoms with Crippen molar-refractivity contribution in [3.8, 4) is 22.7 Å². The van der Waals surface area contributed by atoms with E-state index in [4.69, 9.17) is 33.0 Å². The van der Waals surface area contributed by atoms with Crippen molar-refractivity contribution in [2.75, 3.05) is 0 Å². The first-order chi connectivity index (χ1) is 18.9. The molecular weight excluding hydrogens is 533 g/mol. The quantitative estimate of drug-likeness (QED) is 0.250. The fourth-order valence-electron chi connectivity index (χ4n) is 5.01. The molecule has 8 heteroatoms. The number of aromatic nitrogens is 2. The molecule has 0 radical (unpaired) electrons. The molecule has 6 nitrogen and oxygen atoms in total. The largest absolute Gasteiger partial charge is 0.489 e. The topological polar surface area (TPSA) is 76.4 Å². The van der Waals surface area contributed by atoms with Gasteiger partial charge in [0.25, 0.3) is 0 Å². The van der Waals surface area contributed by atoms with Gasteiger partial charge in [-0.25, -0.2) is 4.68 Å². The molecule has 0 saturated heterocycles. The first kappa shape index (κ1) is 27.3. The number of nitrogens with one attached hydrogen (secondary N) is 1. The molecule has 1 aliphatic rings. The summed E-state index contributed by atoms with van der Waals surface area (Å²) < 4.78 is 7.74. The Labute approximate surface area is 238 Å². The second kappa shape index (κ2) is 12.2. The number of carbonyl (C=O) groups is 1. The van der Waals surface area contributed by atoms with E-state index in [1.807, 2.05) is 67.6 Å². The lowest BCUT2D eigenvalue weighted by Crippen LogP contribution is -2.45. The van der Waals surface area contributed by atoms with E-state index in [0.29, 0.717) is 34.5 Å². The molecule has 3 aromatic carbocycles. The molecule has 0 spiro atoms. The zero-order chi connectivity index (χ0) is 27.4. The summed E-state index contributed by atoms with van der Waals surface area (Å²) in [5.41, 5.74) is 5.01. The van der Waals surface area contributed by atoms with Gasteiger partial charge in [-0.2, -0.15) is 5.10 Å². The molecule has 1 aliphatic carbocycles. The third kappa shape index (κ3) is 6.47. The van der Waals surface area contributed by atoms with Crippen LogP contribution < -0.4 is 10.1 Å². The maximum absolute atomic E-state index is 13.0.